The van der Waals surface area contributed by atoms with E-state index in [-0.39, 0.29) is 57.4 Å². The predicted molar refractivity (Wildman–Crippen MR) is 171 cm³/mol. The van der Waals surface area contributed by atoms with Gasteiger partial charge >= 0.3 is 4.87 Å². The number of H-pyrrole nitrogens is 1. The second-order valence-electron chi connectivity index (χ2n) is 12.1. The fraction of sp³-hybridized carbons (Fsp3) is 0.324. The number of anilines is 1. The zero-order valence-electron chi connectivity index (χ0n) is 24.0. The number of fused-ring (bicyclic) bond motifs is 9. The van der Waals surface area contributed by atoms with Crippen molar-refractivity contribution < 1.29 is 19.1 Å². The van der Waals surface area contributed by atoms with Gasteiger partial charge in [-0.1, -0.05) is 53.3 Å². The third-order valence-corrected chi connectivity index (χ3v) is 12.8. The molecule has 10 heteroatoms. The van der Waals surface area contributed by atoms with Crippen LogP contribution in [0.3, 0.4) is 0 Å². The SMILES string of the molecule is COc1cc(C2c3sc(=O)[nH]c3SC3C2[C@H]2C[C@@H]3C3C(=O)N(c4ccc(Cl)cc4)C(=O)C32)ccc1OCc1ccccc1C. The molecule has 3 fully saturated rings. The Kier molecular flexibility index (Phi) is 6.70. The van der Waals surface area contributed by atoms with E-state index in [9.17, 15) is 14.4 Å². The van der Waals surface area contributed by atoms with Crippen LogP contribution in [0.25, 0.3) is 0 Å². The number of aromatic nitrogens is 1. The molecule has 2 aliphatic carbocycles. The molecule has 3 aromatic carbocycles. The van der Waals surface area contributed by atoms with Gasteiger partial charge in [0.2, 0.25) is 11.8 Å². The number of nitrogens with zero attached hydrogens (tertiary/aromatic N) is 1. The lowest BCUT2D eigenvalue weighted by atomic mass is 9.68. The van der Waals surface area contributed by atoms with Crippen molar-refractivity contribution in [1.29, 1.82) is 0 Å². The highest BCUT2D eigenvalue weighted by molar-refractivity contribution is 8.00. The number of thiazole rings is 1. The summed E-state index contributed by atoms with van der Waals surface area (Å²) in [5.41, 5.74) is 3.85. The van der Waals surface area contributed by atoms with Gasteiger partial charge in [-0.25, -0.2) is 0 Å². The summed E-state index contributed by atoms with van der Waals surface area (Å²) < 4.78 is 12.0. The molecule has 2 amide bonds. The van der Waals surface area contributed by atoms with Gasteiger partial charge < -0.3 is 14.5 Å². The van der Waals surface area contributed by atoms with Crippen LogP contribution in [0.4, 0.5) is 5.69 Å². The Hall–Kier alpha value is -3.53. The first-order valence-electron chi connectivity index (χ1n) is 14.7. The van der Waals surface area contributed by atoms with E-state index in [0.29, 0.717) is 28.8 Å². The number of nitrogens with one attached hydrogen (secondary N) is 1. The molecule has 1 N–H and O–H groups in total. The summed E-state index contributed by atoms with van der Waals surface area (Å²) >= 11 is 9.02. The highest BCUT2D eigenvalue weighted by Gasteiger charge is 2.69. The molecule has 2 saturated carbocycles. The van der Waals surface area contributed by atoms with E-state index in [4.69, 9.17) is 21.1 Å². The van der Waals surface area contributed by atoms with Gasteiger partial charge in [-0.05, 0) is 84.2 Å². The number of thioether (sulfide) groups is 1. The Morgan fingerprint density at radius 3 is 2.45 bits per heavy atom. The van der Waals surface area contributed by atoms with Gasteiger partial charge in [-0.3, -0.25) is 19.3 Å². The summed E-state index contributed by atoms with van der Waals surface area (Å²) in [5.74, 6) is 0.359. The Balaban J connectivity index is 1.15. The highest BCUT2D eigenvalue weighted by atomic mass is 35.5. The smallest absolute Gasteiger partial charge is 0.305 e. The van der Waals surface area contributed by atoms with Crippen LogP contribution in [0.15, 0.2) is 76.6 Å². The number of halogens is 1. The van der Waals surface area contributed by atoms with Crippen molar-refractivity contribution in [3.8, 4) is 11.5 Å². The number of carbonyl (C=O) groups excluding carboxylic acids is 2. The van der Waals surface area contributed by atoms with Crippen molar-refractivity contribution in [2.24, 2.45) is 29.6 Å². The fourth-order valence-electron chi connectivity index (χ4n) is 8.16. The van der Waals surface area contributed by atoms with Gasteiger partial charge in [0.05, 0.1) is 29.7 Å². The fourth-order valence-corrected chi connectivity index (χ4v) is 11.2. The Morgan fingerprint density at radius 2 is 1.70 bits per heavy atom. The first-order valence-corrected chi connectivity index (χ1v) is 16.8. The minimum atomic E-state index is -0.372. The maximum absolute atomic E-state index is 14.0. The molecule has 0 radical (unpaired) electrons. The van der Waals surface area contributed by atoms with E-state index in [1.807, 2.05) is 24.3 Å². The van der Waals surface area contributed by atoms with E-state index in [0.717, 1.165) is 33.0 Å². The molecule has 0 spiro atoms. The van der Waals surface area contributed by atoms with E-state index in [1.165, 1.54) is 16.2 Å². The van der Waals surface area contributed by atoms with Crippen LogP contribution >= 0.6 is 34.7 Å². The quantitative estimate of drug-likeness (QED) is 0.236. The number of methoxy groups -OCH3 is 1. The van der Waals surface area contributed by atoms with Crippen molar-refractivity contribution in [3.05, 3.63) is 103 Å². The van der Waals surface area contributed by atoms with Gasteiger partial charge in [-0.2, -0.15) is 0 Å². The van der Waals surface area contributed by atoms with Crippen LogP contribution in [0.5, 0.6) is 11.5 Å². The summed E-state index contributed by atoms with van der Waals surface area (Å²) in [6, 6.07) is 21.0. The number of aryl methyl sites for hydroxylation is 1. The van der Waals surface area contributed by atoms with Crippen LogP contribution in [-0.2, 0) is 16.2 Å². The van der Waals surface area contributed by atoms with E-state index in [1.54, 1.807) is 43.1 Å². The Bertz CT molecular complexity index is 1870. The van der Waals surface area contributed by atoms with E-state index >= 15 is 0 Å². The largest absolute Gasteiger partial charge is 0.493 e. The van der Waals surface area contributed by atoms with Crippen LogP contribution < -0.4 is 19.2 Å². The molecule has 7 nitrogen and oxygen atoms in total. The lowest BCUT2D eigenvalue weighted by molar-refractivity contribution is -0.123. The van der Waals surface area contributed by atoms with Gasteiger partial charge in [0.25, 0.3) is 0 Å². The second-order valence-corrected chi connectivity index (χ2v) is 14.7. The third-order valence-electron chi connectivity index (χ3n) is 10.00. The number of ether oxygens (including phenoxy) is 2. The molecular weight excluding hydrogens is 616 g/mol. The van der Waals surface area contributed by atoms with Gasteiger partial charge in [0.1, 0.15) is 6.61 Å². The van der Waals surface area contributed by atoms with Crippen molar-refractivity contribution in [2.45, 2.75) is 36.1 Å². The maximum Gasteiger partial charge on any atom is 0.305 e. The molecular formula is C34H29ClN2O5S2. The van der Waals surface area contributed by atoms with Crippen LogP contribution in [0.2, 0.25) is 5.02 Å². The van der Waals surface area contributed by atoms with Crippen LogP contribution in [-0.4, -0.2) is 29.2 Å². The lowest BCUT2D eigenvalue weighted by Gasteiger charge is -2.43. The average molecular weight is 645 g/mol. The number of aromatic amines is 1. The molecule has 1 aromatic heterocycles. The molecule has 2 aliphatic heterocycles. The molecule has 7 atom stereocenters. The summed E-state index contributed by atoms with van der Waals surface area (Å²) in [6.07, 6.45) is 0.827. The monoisotopic (exact) mass is 644 g/mol. The van der Waals surface area contributed by atoms with E-state index < -0.39 is 0 Å². The zero-order valence-corrected chi connectivity index (χ0v) is 26.4. The third kappa shape index (κ3) is 4.19. The predicted octanol–water partition coefficient (Wildman–Crippen LogP) is 6.66. The molecule has 44 heavy (non-hydrogen) atoms. The maximum atomic E-state index is 14.0. The number of benzene rings is 3. The molecule has 8 rings (SSSR count). The van der Waals surface area contributed by atoms with Crippen molar-refractivity contribution >= 4 is 52.2 Å². The van der Waals surface area contributed by atoms with E-state index in [2.05, 4.69) is 30.1 Å². The van der Waals surface area contributed by atoms with Gasteiger partial charge in [0.15, 0.2) is 11.5 Å². The molecule has 5 unspecified atom stereocenters. The number of carbonyl (C=O) groups is 2. The van der Waals surface area contributed by atoms with Gasteiger partial charge in [-0.15, -0.1) is 11.8 Å². The average Bonchev–Trinajstić information content (AvgIpc) is 3.76. The number of rotatable bonds is 6. The second kappa shape index (κ2) is 10.5. The molecule has 3 heterocycles. The Labute approximate surface area is 267 Å². The lowest BCUT2D eigenvalue weighted by Crippen LogP contribution is -2.42. The standard InChI is InChI=1S/C34H29ClN2O5S2/c1-16-5-3-4-6-18(16)15-42-23-12-7-17(13-24(23)41-2)25-26-21-14-22(29(26)43-31-30(25)44-34(40)36-31)28-27(21)32(38)37(33(28)39)20-10-8-19(35)9-11-20/h3-13,21-22,25-29H,14-15H2,1-2H3,(H,36,40)/t21-,22-,25?,26?,27?,28?,29?/m1/s1. The Morgan fingerprint density at radius 1 is 0.955 bits per heavy atom. The van der Waals surface area contributed by atoms with Crippen molar-refractivity contribution in [1.82, 2.24) is 4.98 Å². The first kappa shape index (κ1) is 28.0. The molecule has 1 saturated heterocycles. The minimum absolute atomic E-state index is 0.0228. The highest BCUT2D eigenvalue weighted by Crippen LogP contribution is 2.68. The summed E-state index contributed by atoms with van der Waals surface area (Å²) in [4.78, 5) is 45.8. The summed E-state index contributed by atoms with van der Waals surface area (Å²) in [5, 5.41) is 1.54. The van der Waals surface area contributed by atoms with Crippen LogP contribution in [0.1, 0.15) is 33.9 Å². The first-order chi connectivity index (χ1) is 21.3. The van der Waals surface area contributed by atoms with Crippen molar-refractivity contribution in [2.75, 3.05) is 12.0 Å². The minimum Gasteiger partial charge on any atom is -0.493 e. The number of amides is 2. The zero-order chi connectivity index (χ0) is 30.3. The van der Waals surface area contributed by atoms with Crippen molar-refractivity contribution in [3.63, 3.8) is 0 Å². The summed E-state index contributed by atoms with van der Waals surface area (Å²) in [7, 11) is 1.63. The normalized spacial score (nSPS) is 28.2. The summed E-state index contributed by atoms with van der Waals surface area (Å²) in [6.45, 7) is 2.48. The topological polar surface area (TPSA) is 88.7 Å². The molecule has 224 valence electrons. The molecule has 4 aromatic rings. The molecule has 2 bridgehead atoms. The van der Waals surface area contributed by atoms with Crippen LogP contribution in [0, 0.1) is 36.5 Å². The number of hydrogen-bond acceptors (Lipinski definition) is 7. The number of imide groups is 1. The number of hydrogen-bond donors (Lipinski definition) is 1. The van der Waals surface area contributed by atoms with Gasteiger partial charge in [0, 0.05) is 21.1 Å². The molecule has 4 aliphatic rings.